The van der Waals surface area contributed by atoms with Gasteiger partial charge in [0.15, 0.2) is 16.6 Å². The van der Waals surface area contributed by atoms with Gasteiger partial charge in [0.1, 0.15) is 5.56 Å². The van der Waals surface area contributed by atoms with E-state index in [1.165, 1.54) is 36.3 Å². The number of hydrogen-bond acceptors (Lipinski definition) is 7. The first kappa shape index (κ1) is 27.8. The van der Waals surface area contributed by atoms with E-state index in [9.17, 15) is 22.8 Å². The van der Waals surface area contributed by atoms with E-state index >= 15 is 0 Å². The molecule has 16 heteroatoms. The SMILES string of the molecule is CO[C@@H](C)c1c(NC(=O)Nc2cnc(-n3cc(NC(=O)C(C)C)cn3)c(C(F)(F)F)c2)cnc2cc(Cl)nn12. The molecule has 4 rings (SSSR count). The average Bonchev–Trinajstić information content (AvgIpc) is 3.48. The van der Waals surface area contributed by atoms with Gasteiger partial charge in [0.05, 0.1) is 53.6 Å². The Kier molecular flexibility index (Phi) is 7.74. The predicted octanol–water partition coefficient (Wildman–Crippen LogP) is 4.93. The summed E-state index contributed by atoms with van der Waals surface area (Å²) in [5, 5.41) is 15.6. The van der Waals surface area contributed by atoms with Crippen LogP contribution in [0.5, 0.6) is 0 Å². The van der Waals surface area contributed by atoms with Gasteiger partial charge in [0.2, 0.25) is 5.91 Å². The van der Waals surface area contributed by atoms with Crippen LogP contribution in [0.25, 0.3) is 11.5 Å². The fourth-order valence-corrected chi connectivity index (χ4v) is 3.69. The van der Waals surface area contributed by atoms with Gasteiger partial charge in [0.25, 0.3) is 0 Å². The Balaban J connectivity index is 1.59. The lowest BCUT2D eigenvalue weighted by Crippen LogP contribution is -2.23. The van der Waals surface area contributed by atoms with Gasteiger partial charge < -0.3 is 20.7 Å². The van der Waals surface area contributed by atoms with Crippen molar-refractivity contribution in [2.24, 2.45) is 5.92 Å². The molecule has 206 valence electrons. The molecule has 0 aromatic carbocycles. The van der Waals surface area contributed by atoms with Gasteiger partial charge in [-0.1, -0.05) is 25.4 Å². The number of amides is 3. The van der Waals surface area contributed by atoms with Gasteiger partial charge in [-0.05, 0) is 13.0 Å². The van der Waals surface area contributed by atoms with E-state index in [0.29, 0.717) is 11.3 Å². The summed E-state index contributed by atoms with van der Waals surface area (Å²) in [7, 11) is 1.46. The summed E-state index contributed by atoms with van der Waals surface area (Å²) < 4.78 is 49.4. The molecule has 4 heterocycles. The summed E-state index contributed by atoms with van der Waals surface area (Å²) in [4.78, 5) is 32.7. The van der Waals surface area contributed by atoms with E-state index in [1.54, 1.807) is 20.8 Å². The molecular weight excluding hydrogens is 543 g/mol. The number of urea groups is 1. The maximum atomic E-state index is 13.9. The van der Waals surface area contributed by atoms with E-state index < -0.39 is 29.7 Å². The molecule has 3 amide bonds. The second-order valence-electron chi connectivity index (χ2n) is 8.66. The van der Waals surface area contributed by atoms with Crippen LogP contribution in [-0.4, -0.2) is 48.4 Å². The van der Waals surface area contributed by atoms with Crippen molar-refractivity contribution in [1.29, 1.82) is 0 Å². The minimum absolute atomic E-state index is 0.172. The zero-order valence-corrected chi connectivity index (χ0v) is 21.8. The number of anilines is 3. The van der Waals surface area contributed by atoms with E-state index in [-0.39, 0.29) is 34.0 Å². The molecule has 12 nitrogen and oxygen atoms in total. The van der Waals surface area contributed by atoms with E-state index in [2.05, 4.69) is 36.1 Å². The highest BCUT2D eigenvalue weighted by atomic mass is 35.5. The third-order valence-corrected chi connectivity index (χ3v) is 5.68. The van der Waals surface area contributed by atoms with E-state index in [4.69, 9.17) is 16.3 Å². The lowest BCUT2D eigenvalue weighted by Gasteiger charge is -2.17. The Morgan fingerprint density at radius 3 is 2.44 bits per heavy atom. The number of nitrogens with one attached hydrogen (secondary N) is 3. The molecule has 1 atom stereocenters. The first-order valence-electron chi connectivity index (χ1n) is 11.5. The summed E-state index contributed by atoms with van der Waals surface area (Å²) in [6.45, 7) is 5.05. The van der Waals surface area contributed by atoms with Crippen LogP contribution in [0.1, 0.15) is 38.1 Å². The highest BCUT2D eigenvalue weighted by Gasteiger charge is 2.36. The van der Waals surface area contributed by atoms with Gasteiger partial charge in [-0.25, -0.2) is 24.0 Å². The largest absolute Gasteiger partial charge is 0.420 e. The maximum absolute atomic E-state index is 13.9. The molecule has 39 heavy (non-hydrogen) atoms. The second kappa shape index (κ2) is 10.9. The van der Waals surface area contributed by atoms with Crippen LogP contribution in [0, 0.1) is 5.92 Å². The molecule has 0 saturated carbocycles. The Hall–Kier alpha value is -4.24. The molecule has 3 N–H and O–H groups in total. The van der Waals surface area contributed by atoms with Gasteiger partial charge in [0, 0.05) is 19.1 Å². The molecule has 0 bridgehead atoms. The number of ether oxygens (including phenoxy) is 1. The van der Waals surface area contributed by atoms with Crippen LogP contribution in [0.2, 0.25) is 5.15 Å². The van der Waals surface area contributed by atoms with Gasteiger partial charge in [-0.2, -0.15) is 23.4 Å². The molecule has 0 aliphatic heterocycles. The Morgan fingerprint density at radius 2 is 1.77 bits per heavy atom. The summed E-state index contributed by atoms with van der Waals surface area (Å²) in [5.74, 6) is -1.20. The standard InChI is InChI=1S/C23H23ClF3N9O3/c1-11(2)21(37)31-14-8-30-35(10-14)20-15(23(25,26)27)5-13(7-29-20)32-22(38)33-16-9-28-18-6-17(24)34-36(18)19(16)12(3)39-4/h5-12H,1-4H3,(H,31,37)(H2,32,33,38)/t12-/m0/s1. The van der Waals surface area contributed by atoms with Crippen molar-refractivity contribution in [1.82, 2.24) is 29.4 Å². The predicted molar refractivity (Wildman–Crippen MR) is 136 cm³/mol. The maximum Gasteiger partial charge on any atom is 0.420 e. The lowest BCUT2D eigenvalue weighted by atomic mass is 10.2. The summed E-state index contributed by atoms with van der Waals surface area (Å²) in [6.07, 6.45) is -0.569. The number of alkyl halides is 3. The third-order valence-electron chi connectivity index (χ3n) is 5.50. The second-order valence-corrected chi connectivity index (χ2v) is 9.05. The van der Waals surface area contributed by atoms with Crippen molar-refractivity contribution < 1.29 is 27.5 Å². The Labute approximate surface area is 224 Å². The quantitative estimate of drug-likeness (QED) is 0.289. The van der Waals surface area contributed by atoms with Crippen molar-refractivity contribution in [3.8, 4) is 5.82 Å². The smallest absolute Gasteiger partial charge is 0.375 e. The average molecular weight is 566 g/mol. The number of fused-ring (bicyclic) bond motifs is 1. The molecule has 0 radical (unpaired) electrons. The molecule has 4 aromatic rings. The number of halogens is 4. The third kappa shape index (κ3) is 6.09. The number of carbonyl (C=O) groups excluding carboxylic acids is 2. The molecule has 4 aromatic heterocycles. The summed E-state index contributed by atoms with van der Waals surface area (Å²) >= 11 is 5.98. The number of methoxy groups -OCH3 is 1. The molecular formula is C23H23ClF3N9O3. The van der Waals surface area contributed by atoms with E-state index in [0.717, 1.165) is 16.9 Å². The van der Waals surface area contributed by atoms with Gasteiger partial charge >= 0.3 is 12.2 Å². The number of hydrogen-bond donors (Lipinski definition) is 3. The molecule has 0 aliphatic rings. The minimum Gasteiger partial charge on any atom is -0.375 e. The normalized spacial score (nSPS) is 12.5. The van der Waals surface area contributed by atoms with E-state index in [1.807, 2.05) is 0 Å². The van der Waals surface area contributed by atoms with Crippen LogP contribution in [0.15, 0.2) is 36.9 Å². The number of rotatable bonds is 7. The van der Waals surface area contributed by atoms with Crippen LogP contribution in [0.3, 0.4) is 0 Å². The lowest BCUT2D eigenvalue weighted by molar-refractivity contribution is -0.137. The molecule has 0 saturated heterocycles. The molecule has 0 fully saturated rings. The number of aromatic nitrogens is 6. The Morgan fingerprint density at radius 1 is 1.03 bits per heavy atom. The first-order chi connectivity index (χ1) is 18.4. The van der Waals surface area contributed by atoms with Gasteiger partial charge in [-0.15, -0.1) is 0 Å². The molecule has 0 aliphatic carbocycles. The number of pyridine rings is 1. The van der Waals surface area contributed by atoms with Crippen molar-refractivity contribution in [2.75, 3.05) is 23.1 Å². The number of carbonyl (C=O) groups is 2. The molecule has 0 unspecified atom stereocenters. The van der Waals surface area contributed by atoms with Crippen molar-refractivity contribution in [3.63, 3.8) is 0 Å². The Bertz CT molecular complexity index is 1530. The zero-order chi connectivity index (χ0) is 28.5. The first-order valence-corrected chi connectivity index (χ1v) is 11.8. The topological polar surface area (TPSA) is 140 Å². The summed E-state index contributed by atoms with van der Waals surface area (Å²) in [5.41, 5.74) is -0.176. The van der Waals surface area contributed by atoms with Gasteiger partial charge in [-0.3, -0.25) is 4.79 Å². The van der Waals surface area contributed by atoms with Crippen LogP contribution in [0.4, 0.5) is 35.0 Å². The highest BCUT2D eigenvalue weighted by Crippen LogP contribution is 2.35. The van der Waals surface area contributed by atoms with Crippen molar-refractivity contribution in [2.45, 2.75) is 33.1 Å². The number of nitrogens with zero attached hydrogens (tertiary/aromatic N) is 6. The van der Waals surface area contributed by atoms with Crippen molar-refractivity contribution >= 4 is 46.2 Å². The monoisotopic (exact) mass is 565 g/mol. The molecule has 0 spiro atoms. The van der Waals surface area contributed by atoms with Crippen molar-refractivity contribution in [3.05, 3.63) is 53.3 Å². The fourth-order valence-electron chi connectivity index (χ4n) is 3.51. The summed E-state index contributed by atoms with van der Waals surface area (Å²) in [6, 6.07) is 1.38. The van der Waals surface area contributed by atoms with Crippen LogP contribution < -0.4 is 16.0 Å². The van der Waals surface area contributed by atoms with Crippen LogP contribution >= 0.6 is 11.6 Å². The zero-order valence-electron chi connectivity index (χ0n) is 21.0. The minimum atomic E-state index is -4.83. The highest BCUT2D eigenvalue weighted by molar-refractivity contribution is 6.29. The fraction of sp³-hybridized carbons (Fsp3) is 0.304. The van der Waals surface area contributed by atoms with Crippen LogP contribution in [-0.2, 0) is 15.7 Å².